The zero-order valence-electron chi connectivity index (χ0n) is 13.2. The number of hydrogen-bond donors (Lipinski definition) is 1. The highest BCUT2D eigenvalue weighted by molar-refractivity contribution is 5.81. The highest BCUT2D eigenvalue weighted by Gasteiger charge is 2.46. The van der Waals surface area contributed by atoms with Crippen LogP contribution in [0.4, 0.5) is 4.79 Å². The number of nitrogens with zero attached hydrogens (tertiary/aromatic N) is 2. The van der Waals surface area contributed by atoms with E-state index in [1.807, 2.05) is 18.2 Å². The van der Waals surface area contributed by atoms with Gasteiger partial charge in [0, 0.05) is 31.6 Å². The van der Waals surface area contributed by atoms with Crippen LogP contribution in [0, 0.1) is 5.92 Å². The van der Waals surface area contributed by atoms with Crippen LogP contribution in [-0.2, 0) is 16.1 Å². The molecule has 124 valence electrons. The number of methoxy groups -OCH3 is 1. The molecular weight excluding hydrogens is 296 g/mol. The Morgan fingerprint density at radius 2 is 1.96 bits per heavy atom. The lowest BCUT2D eigenvalue weighted by Gasteiger charge is -2.36. The number of piperidine rings is 1. The van der Waals surface area contributed by atoms with Crippen LogP contribution in [0.25, 0.3) is 0 Å². The summed E-state index contributed by atoms with van der Waals surface area (Å²) < 4.78 is 4.87. The monoisotopic (exact) mass is 318 g/mol. The predicted molar refractivity (Wildman–Crippen MR) is 83.9 cm³/mol. The van der Waals surface area contributed by atoms with Crippen molar-refractivity contribution in [3.63, 3.8) is 0 Å². The Hall–Kier alpha value is -2.08. The van der Waals surface area contributed by atoms with E-state index in [9.17, 15) is 14.7 Å². The molecule has 3 saturated heterocycles. The summed E-state index contributed by atoms with van der Waals surface area (Å²) in [6.45, 7) is 1.87. The summed E-state index contributed by atoms with van der Waals surface area (Å²) in [5.74, 6) is -0.458. The number of carboxylic acid groups (broad SMARTS) is 1. The summed E-state index contributed by atoms with van der Waals surface area (Å²) in [5.41, 5.74) is 1.21. The van der Waals surface area contributed by atoms with Crippen molar-refractivity contribution in [1.29, 1.82) is 0 Å². The first-order chi connectivity index (χ1) is 11.1. The maximum atomic E-state index is 12.1. The molecule has 1 aromatic carbocycles. The third-order valence-corrected chi connectivity index (χ3v) is 4.96. The highest BCUT2D eigenvalue weighted by Crippen LogP contribution is 2.33. The molecule has 6 heteroatoms. The van der Waals surface area contributed by atoms with E-state index in [0.717, 1.165) is 25.9 Å². The predicted octanol–water partition coefficient (Wildman–Crippen LogP) is 1.80. The molecule has 0 aromatic heterocycles. The van der Waals surface area contributed by atoms with Gasteiger partial charge in [0.25, 0.3) is 0 Å². The molecule has 2 bridgehead atoms. The van der Waals surface area contributed by atoms with Crippen molar-refractivity contribution in [3.05, 3.63) is 35.9 Å². The van der Waals surface area contributed by atoms with Crippen molar-refractivity contribution in [1.82, 2.24) is 9.80 Å². The minimum Gasteiger partial charge on any atom is -0.467 e. The van der Waals surface area contributed by atoms with Gasteiger partial charge in [-0.1, -0.05) is 30.3 Å². The zero-order chi connectivity index (χ0) is 16.4. The normalized spacial score (nSPS) is 27.5. The summed E-state index contributed by atoms with van der Waals surface area (Å²) in [6.07, 6.45) is 0.729. The lowest BCUT2D eigenvalue weighted by atomic mass is 9.89. The fourth-order valence-electron chi connectivity index (χ4n) is 3.84. The Labute approximate surface area is 135 Å². The number of rotatable bonds is 3. The van der Waals surface area contributed by atoms with Gasteiger partial charge in [-0.05, 0) is 18.4 Å². The number of esters is 1. The molecule has 1 aromatic rings. The topological polar surface area (TPSA) is 70.1 Å². The molecule has 0 aliphatic carbocycles. The van der Waals surface area contributed by atoms with Crippen LogP contribution in [0.2, 0.25) is 0 Å². The standard InChI is InChI=1S/C17H22N2O4/c1-23-16(20)15-13-7-8-14(11-19(15)17(21)22)18(10-13)9-12-5-3-2-4-6-12/h2-6,13-15H,7-11H2,1H3,(H,21,22)/t13-,14-,15+/m1/s1. The maximum Gasteiger partial charge on any atom is 0.408 e. The van der Waals surface area contributed by atoms with E-state index in [-0.39, 0.29) is 12.0 Å². The van der Waals surface area contributed by atoms with Gasteiger partial charge < -0.3 is 9.84 Å². The molecule has 1 N–H and O–H groups in total. The quantitative estimate of drug-likeness (QED) is 0.861. The fourth-order valence-corrected chi connectivity index (χ4v) is 3.84. The van der Waals surface area contributed by atoms with E-state index in [1.54, 1.807) is 0 Å². The molecule has 23 heavy (non-hydrogen) atoms. The number of fused-ring (bicyclic) bond motifs is 4. The van der Waals surface area contributed by atoms with Crippen molar-refractivity contribution in [2.75, 3.05) is 20.2 Å². The van der Waals surface area contributed by atoms with Crippen molar-refractivity contribution in [3.8, 4) is 0 Å². The van der Waals surface area contributed by atoms with Crippen LogP contribution < -0.4 is 0 Å². The van der Waals surface area contributed by atoms with Gasteiger partial charge in [0.1, 0.15) is 6.04 Å². The summed E-state index contributed by atoms with van der Waals surface area (Å²) in [5, 5.41) is 9.52. The number of carbonyl (C=O) groups is 2. The second-order valence-corrected chi connectivity index (χ2v) is 6.31. The Morgan fingerprint density at radius 1 is 1.22 bits per heavy atom. The van der Waals surface area contributed by atoms with E-state index >= 15 is 0 Å². The highest BCUT2D eigenvalue weighted by atomic mass is 16.5. The van der Waals surface area contributed by atoms with E-state index in [0.29, 0.717) is 6.54 Å². The van der Waals surface area contributed by atoms with Gasteiger partial charge in [0.05, 0.1) is 7.11 Å². The van der Waals surface area contributed by atoms with Gasteiger partial charge in [-0.3, -0.25) is 9.80 Å². The molecule has 0 radical (unpaired) electrons. The van der Waals surface area contributed by atoms with Gasteiger partial charge in [-0.2, -0.15) is 0 Å². The lowest BCUT2D eigenvalue weighted by Crippen LogP contribution is -2.48. The molecule has 3 fully saturated rings. The van der Waals surface area contributed by atoms with Gasteiger partial charge in [0.2, 0.25) is 0 Å². The largest absolute Gasteiger partial charge is 0.467 e. The zero-order valence-corrected chi connectivity index (χ0v) is 13.2. The molecule has 3 aliphatic rings. The third kappa shape index (κ3) is 3.17. The minimum absolute atomic E-state index is 0.0130. The van der Waals surface area contributed by atoms with Crippen molar-refractivity contribution >= 4 is 12.1 Å². The van der Waals surface area contributed by atoms with E-state index in [4.69, 9.17) is 4.74 Å². The van der Waals surface area contributed by atoms with Gasteiger partial charge in [0.15, 0.2) is 0 Å². The Morgan fingerprint density at radius 3 is 2.61 bits per heavy atom. The first kappa shape index (κ1) is 15.8. The number of hydrogen-bond acceptors (Lipinski definition) is 4. The van der Waals surface area contributed by atoms with E-state index in [1.165, 1.54) is 17.6 Å². The molecule has 0 spiro atoms. The van der Waals surface area contributed by atoms with Crippen LogP contribution in [0.1, 0.15) is 18.4 Å². The average Bonchev–Trinajstić information content (AvgIpc) is 2.83. The van der Waals surface area contributed by atoms with Gasteiger partial charge in [-0.15, -0.1) is 0 Å². The molecule has 3 atom stereocenters. The van der Waals surface area contributed by atoms with Crippen molar-refractivity contribution in [2.45, 2.75) is 31.5 Å². The molecule has 6 nitrogen and oxygen atoms in total. The molecule has 3 heterocycles. The van der Waals surface area contributed by atoms with E-state index < -0.39 is 18.1 Å². The number of benzene rings is 1. The van der Waals surface area contributed by atoms with Crippen LogP contribution in [0.3, 0.4) is 0 Å². The molecule has 0 saturated carbocycles. The average molecular weight is 318 g/mol. The Balaban J connectivity index is 1.83. The summed E-state index contributed by atoms with van der Waals surface area (Å²) >= 11 is 0. The second kappa shape index (κ2) is 6.58. The molecular formula is C17H22N2O4. The first-order valence-corrected chi connectivity index (χ1v) is 7.95. The molecule has 4 rings (SSSR count). The summed E-state index contributed by atoms with van der Waals surface area (Å²) in [6, 6.07) is 9.60. The molecule has 1 amide bonds. The number of ether oxygens (including phenoxy) is 1. The first-order valence-electron chi connectivity index (χ1n) is 7.95. The Bertz CT molecular complexity index is 577. The fraction of sp³-hybridized carbons (Fsp3) is 0.529. The van der Waals surface area contributed by atoms with Crippen LogP contribution in [0.15, 0.2) is 30.3 Å². The second-order valence-electron chi connectivity index (χ2n) is 6.31. The van der Waals surface area contributed by atoms with Crippen LogP contribution in [-0.4, -0.2) is 59.3 Å². The van der Waals surface area contributed by atoms with Crippen LogP contribution >= 0.6 is 0 Å². The van der Waals surface area contributed by atoms with E-state index in [2.05, 4.69) is 17.0 Å². The van der Waals surface area contributed by atoms with Crippen LogP contribution in [0.5, 0.6) is 0 Å². The summed E-state index contributed by atoms with van der Waals surface area (Å²) in [7, 11) is 1.32. The minimum atomic E-state index is -1.04. The number of amides is 1. The SMILES string of the molecule is COC(=O)[C@@H]1[C@@H]2CC[C@H](CN1C(=O)O)N(Cc1ccccc1)C2. The van der Waals surface area contributed by atoms with Gasteiger partial charge in [-0.25, -0.2) is 9.59 Å². The smallest absolute Gasteiger partial charge is 0.408 e. The van der Waals surface area contributed by atoms with Crippen molar-refractivity contribution in [2.24, 2.45) is 5.92 Å². The van der Waals surface area contributed by atoms with Crippen molar-refractivity contribution < 1.29 is 19.4 Å². The third-order valence-electron chi connectivity index (χ3n) is 4.96. The van der Waals surface area contributed by atoms with Gasteiger partial charge >= 0.3 is 12.1 Å². The Kier molecular flexibility index (Phi) is 4.52. The molecule has 0 unspecified atom stereocenters. The number of carbonyl (C=O) groups excluding carboxylic acids is 1. The molecule has 3 aliphatic heterocycles. The summed E-state index contributed by atoms with van der Waals surface area (Å²) in [4.78, 5) is 27.3. The lowest BCUT2D eigenvalue weighted by molar-refractivity contribution is -0.148. The maximum absolute atomic E-state index is 12.1.